The molecule has 38 heteroatoms. The smallest absolute Gasteiger partial charge is 0.475 e. The van der Waals surface area contributed by atoms with Crippen molar-refractivity contribution in [3.63, 3.8) is 0 Å². The normalized spacial score (nSPS) is 20.9. The van der Waals surface area contributed by atoms with Gasteiger partial charge in [0.05, 0.1) is 13.2 Å². The van der Waals surface area contributed by atoms with Gasteiger partial charge in [-0.1, -0.05) is 38.5 Å². The molecule has 3 amide bonds. The Morgan fingerprint density at radius 3 is 1.45 bits per heavy atom. The highest BCUT2D eigenvalue weighted by molar-refractivity contribution is 5.87. The van der Waals surface area contributed by atoms with E-state index in [4.69, 9.17) is 25.1 Å². The fraction of sp³-hybridized carbons (Fsp3) is 0.909. The largest absolute Gasteiger partial charge is 0.490 e. The third-order valence-corrected chi connectivity index (χ3v) is 12.3. The van der Waals surface area contributed by atoms with E-state index in [0.717, 1.165) is 0 Å². The van der Waals surface area contributed by atoms with Crippen LogP contribution < -0.4 is 21.7 Å². The van der Waals surface area contributed by atoms with E-state index in [-0.39, 0.29) is 25.2 Å². The number of hydrogen-bond acceptors (Lipinski definition) is 15. The zero-order chi connectivity index (χ0) is 64.3. The number of aliphatic hydroxyl groups is 8. The van der Waals surface area contributed by atoms with Crippen LogP contribution in [-0.4, -0.2) is 217 Å². The fourth-order valence-electron chi connectivity index (χ4n) is 7.38. The first-order valence-electron chi connectivity index (χ1n) is 24.8. The molecule has 0 radical (unpaired) electrons. The van der Waals surface area contributed by atoms with E-state index < -0.39 is 184 Å². The lowest BCUT2D eigenvalue weighted by atomic mass is 9.86. The number of unbranched alkanes of at least 4 members (excludes halogenated alkanes) is 8. The Morgan fingerprint density at radius 1 is 0.585 bits per heavy atom. The van der Waals surface area contributed by atoms with Crippen LogP contribution in [0.1, 0.15) is 103 Å². The van der Waals surface area contributed by atoms with Gasteiger partial charge in [-0.15, -0.1) is 0 Å². The van der Waals surface area contributed by atoms with Crippen molar-refractivity contribution in [3.05, 3.63) is 0 Å². The molecule has 0 unspecified atom stereocenters. The number of carboxylic acids is 1. The molecule has 82 heavy (non-hydrogen) atoms. The predicted octanol–water partition coefficient (Wildman–Crippen LogP) is 3.51. The van der Waals surface area contributed by atoms with Crippen LogP contribution in [-0.2, 0) is 28.7 Å². The molecule has 0 aromatic rings. The standard InChI is InChI=1S/C42H66F16N4O13.C2HF3O2/c1-2-60-32(72)22(14-10-12-18-59)62-25(66)15-9-7-5-3-4-6-8-11-16-35(43,44)37(47,48)39(51,52)41(55,56)42(57,58)40(53,54)38(49,50)36(45,46)17-13-19-61-33(73)29(70)28(69)31(23(65)20-63)75-34-30(71)27(68)26(67)24(21-64)74-34;3-2(4,5)1(6)7/h22-24,26-31,34,63-65,67-71H,2-21,59H2,1H3,(H,60,72)(H,61,73)(H,62,66);(H,6,7)/t22-,23+,24+,26-,27-,28+,29+,30+,31+,34-;/m0./s1. The average Bonchev–Trinajstić information content (AvgIpc) is 3.38. The number of ether oxygens (including phenoxy) is 2. The zero-order valence-electron chi connectivity index (χ0n) is 43.1. The van der Waals surface area contributed by atoms with Crippen LogP contribution in [0.25, 0.3) is 0 Å². The van der Waals surface area contributed by atoms with Crippen LogP contribution in [0.2, 0.25) is 0 Å². The Bertz CT molecular complexity index is 1950. The van der Waals surface area contributed by atoms with Gasteiger partial charge in [-0.3, -0.25) is 14.4 Å². The number of rotatable bonds is 37. The highest BCUT2D eigenvalue weighted by atomic mass is 19.4. The lowest BCUT2D eigenvalue weighted by molar-refractivity contribution is -0.453. The van der Waals surface area contributed by atoms with Gasteiger partial charge in [0, 0.05) is 32.4 Å². The lowest BCUT2D eigenvalue weighted by Gasteiger charge is -2.43. The molecule has 1 aliphatic rings. The van der Waals surface area contributed by atoms with Crippen molar-refractivity contribution in [1.29, 1.82) is 0 Å². The van der Waals surface area contributed by atoms with Gasteiger partial charge in [0.25, 0.3) is 5.91 Å². The van der Waals surface area contributed by atoms with E-state index in [2.05, 4.69) is 10.6 Å². The topological polar surface area (TPSA) is 331 Å². The quantitative estimate of drug-likeness (QED) is 0.0313. The Morgan fingerprint density at radius 2 is 1.02 bits per heavy atom. The van der Waals surface area contributed by atoms with Crippen LogP contribution in [0, 0.1) is 0 Å². The maximum atomic E-state index is 14.6. The first-order valence-corrected chi connectivity index (χ1v) is 24.8. The van der Waals surface area contributed by atoms with Gasteiger partial charge in [-0.25, -0.2) is 4.79 Å². The minimum absolute atomic E-state index is 0.00922. The second kappa shape index (κ2) is 32.6. The lowest BCUT2D eigenvalue weighted by Crippen LogP contribution is -2.74. The molecule has 0 aromatic heterocycles. The van der Waals surface area contributed by atoms with Gasteiger partial charge in [0.1, 0.15) is 48.8 Å². The summed E-state index contributed by atoms with van der Waals surface area (Å²) >= 11 is 0. The highest BCUT2D eigenvalue weighted by Crippen LogP contribution is 2.64. The number of amides is 3. The first kappa shape index (κ1) is 78.1. The van der Waals surface area contributed by atoms with Crippen LogP contribution in [0.4, 0.5) is 83.4 Å². The van der Waals surface area contributed by atoms with Crippen LogP contribution >= 0.6 is 0 Å². The van der Waals surface area contributed by atoms with Crippen molar-refractivity contribution in [2.24, 2.45) is 5.73 Å². The van der Waals surface area contributed by atoms with Crippen molar-refractivity contribution >= 4 is 23.7 Å². The maximum absolute atomic E-state index is 14.6. The van der Waals surface area contributed by atoms with Gasteiger partial charge >= 0.3 is 59.5 Å². The third kappa shape index (κ3) is 19.8. The number of carboxylic acid groups (broad SMARTS) is 1. The monoisotopic (exact) mass is 1250 g/mol. The predicted molar refractivity (Wildman–Crippen MR) is 239 cm³/mol. The molecule has 0 aliphatic carbocycles. The Balaban J connectivity index is 0.00000874. The highest BCUT2D eigenvalue weighted by Gasteiger charge is 2.94. The van der Waals surface area contributed by atoms with Gasteiger partial charge in [0.2, 0.25) is 11.8 Å². The molecule has 486 valence electrons. The molecule has 0 aromatic carbocycles. The van der Waals surface area contributed by atoms with Crippen molar-refractivity contribution in [3.8, 4) is 0 Å². The molecule has 1 rings (SSSR count). The molecule has 1 aliphatic heterocycles. The van der Waals surface area contributed by atoms with Gasteiger partial charge in [-0.2, -0.15) is 83.4 Å². The van der Waals surface area contributed by atoms with Crippen LogP contribution in [0.3, 0.4) is 0 Å². The number of nitrogens with two attached hydrogens (primary N) is 1. The van der Waals surface area contributed by atoms with Crippen molar-refractivity contribution < 1.29 is 158 Å². The minimum atomic E-state index is -8.67. The number of halogens is 19. The zero-order valence-corrected chi connectivity index (χ0v) is 43.1. The Labute approximate surface area is 454 Å². The minimum Gasteiger partial charge on any atom is -0.475 e. The Kier molecular flexibility index (Phi) is 31.0. The average molecular weight is 1250 g/mol. The van der Waals surface area contributed by atoms with E-state index in [9.17, 15) is 139 Å². The Hall–Kier alpha value is -3.89. The molecule has 1 fully saturated rings. The summed E-state index contributed by atoms with van der Waals surface area (Å²) in [4.78, 5) is 45.8. The molecule has 14 N–H and O–H groups in total. The summed E-state index contributed by atoms with van der Waals surface area (Å²) in [6, 6.07) is -0.793. The number of carbonyl (C=O) groups excluding carboxylic acids is 3. The van der Waals surface area contributed by atoms with E-state index >= 15 is 0 Å². The second-order valence-corrected chi connectivity index (χ2v) is 18.7. The van der Waals surface area contributed by atoms with Crippen LogP contribution in [0.15, 0.2) is 0 Å². The molecule has 0 bridgehead atoms. The molecule has 1 saturated heterocycles. The van der Waals surface area contributed by atoms with E-state index in [1.54, 1.807) is 6.92 Å². The number of alkyl halides is 19. The molecule has 19 nitrogen and oxygen atoms in total. The summed E-state index contributed by atoms with van der Waals surface area (Å²) < 4.78 is 274. The maximum Gasteiger partial charge on any atom is 0.490 e. The molecular weight excluding hydrogens is 1190 g/mol. The van der Waals surface area contributed by atoms with Gasteiger partial charge in [-0.05, 0) is 52.0 Å². The molecule has 10 atom stereocenters. The number of aliphatic hydroxyl groups excluding tert-OH is 8. The molecule has 1 heterocycles. The fourth-order valence-corrected chi connectivity index (χ4v) is 7.38. The summed E-state index contributed by atoms with van der Waals surface area (Å²) in [6.45, 7) is -1.61. The number of likely N-dealkylation sites (N-methyl/N-ethyl adjacent to an activating group) is 1. The molecule has 0 saturated carbocycles. The summed E-state index contributed by atoms with van der Waals surface area (Å²) in [5.74, 6) is -68.5. The van der Waals surface area contributed by atoms with Crippen molar-refractivity contribution in [2.75, 3.05) is 32.8 Å². The van der Waals surface area contributed by atoms with Gasteiger partial charge < -0.3 is 77.1 Å². The summed E-state index contributed by atoms with van der Waals surface area (Å²) in [5, 5.41) is 92.9. The number of nitrogens with one attached hydrogen (secondary N) is 3. The molecule has 0 spiro atoms. The first-order chi connectivity index (χ1) is 37.3. The van der Waals surface area contributed by atoms with Crippen molar-refractivity contribution in [1.82, 2.24) is 16.0 Å². The van der Waals surface area contributed by atoms with Crippen LogP contribution in [0.5, 0.6) is 0 Å². The van der Waals surface area contributed by atoms with Crippen molar-refractivity contribution in [2.45, 2.75) is 218 Å². The van der Waals surface area contributed by atoms with E-state index in [1.807, 2.05) is 0 Å². The number of hydrogen-bond donors (Lipinski definition) is 13. The van der Waals surface area contributed by atoms with E-state index in [1.165, 1.54) is 5.32 Å². The summed E-state index contributed by atoms with van der Waals surface area (Å²) in [5.41, 5.74) is 5.44. The number of carbonyl (C=O) groups is 4. The number of aliphatic carboxylic acids is 1. The van der Waals surface area contributed by atoms with E-state index in [0.29, 0.717) is 58.0 Å². The third-order valence-electron chi connectivity index (χ3n) is 12.3. The second-order valence-electron chi connectivity index (χ2n) is 18.7. The molecular formula is C44H67F19N4O15. The van der Waals surface area contributed by atoms with Gasteiger partial charge in [0.15, 0.2) is 12.4 Å². The summed E-state index contributed by atoms with van der Waals surface area (Å²) in [7, 11) is 0. The summed E-state index contributed by atoms with van der Waals surface area (Å²) in [6.07, 6.45) is -31.8. The SMILES string of the molecule is CCNC(=O)[C@H](CCCCN)NC(=O)CCCCCCCCCCC(F)(F)C(F)(F)C(F)(F)C(F)(F)C(F)(F)C(F)(F)C(F)(F)C(F)(F)CCCNC(=O)[C@H](O)[C@@H](O)[C@H](O[C@@H]1O[C@H](CO)[C@H](O)[C@H](O)[C@H]1O)[C@H](O)CO.O=C(O)C(F)(F)F.